The number of benzene rings is 1. The van der Waals surface area contributed by atoms with E-state index in [1.165, 1.54) is 5.56 Å². The summed E-state index contributed by atoms with van der Waals surface area (Å²) >= 11 is 0. The highest BCUT2D eigenvalue weighted by Crippen LogP contribution is 2.13. The standard InChI is InChI=1S/C12H15N5/c1-10-14-12-13-8-16(9-17(12)15-10)7-11-5-3-2-4-6-11/h2-6H,7-9H2,1H3,(H,13,14,15). The Labute approximate surface area is 100 Å². The second-order valence-corrected chi connectivity index (χ2v) is 4.27. The molecule has 0 atom stereocenters. The maximum Gasteiger partial charge on any atom is 0.223 e. The van der Waals surface area contributed by atoms with Crippen molar-refractivity contribution in [1.82, 2.24) is 19.7 Å². The molecule has 3 rings (SSSR count). The first-order valence-electron chi connectivity index (χ1n) is 5.73. The lowest BCUT2D eigenvalue weighted by molar-refractivity contribution is 0.197. The van der Waals surface area contributed by atoms with Crippen LogP contribution in [0.3, 0.4) is 0 Å². The van der Waals surface area contributed by atoms with Crippen LogP contribution in [0.15, 0.2) is 30.3 Å². The van der Waals surface area contributed by atoms with Crippen LogP contribution in [0.5, 0.6) is 0 Å². The lowest BCUT2D eigenvalue weighted by Crippen LogP contribution is -2.37. The van der Waals surface area contributed by atoms with Crippen LogP contribution in [0.1, 0.15) is 11.4 Å². The molecule has 1 aromatic carbocycles. The third-order valence-corrected chi connectivity index (χ3v) is 2.82. The predicted molar refractivity (Wildman–Crippen MR) is 65.2 cm³/mol. The smallest absolute Gasteiger partial charge is 0.223 e. The summed E-state index contributed by atoms with van der Waals surface area (Å²) in [4.78, 5) is 6.59. The molecule has 1 aliphatic rings. The summed E-state index contributed by atoms with van der Waals surface area (Å²) < 4.78 is 1.90. The van der Waals surface area contributed by atoms with Gasteiger partial charge in [-0.1, -0.05) is 30.3 Å². The molecule has 0 fully saturated rings. The van der Waals surface area contributed by atoms with Gasteiger partial charge in [0.2, 0.25) is 5.95 Å². The van der Waals surface area contributed by atoms with Gasteiger partial charge in [0.1, 0.15) is 5.82 Å². The van der Waals surface area contributed by atoms with Crippen LogP contribution in [0.25, 0.3) is 0 Å². The number of hydrogen-bond acceptors (Lipinski definition) is 4. The number of rotatable bonds is 2. The summed E-state index contributed by atoms with van der Waals surface area (Å²) in [5.41, 5.74) is 1.31. The molecule has 0 saturated heterocycles. The van der Waals surface area contributed by atoms with Crippen molar-refractivity contribution >= 4 is 5.95 Å². The molecular formula is C12H15N5. The van der Waals surface area contributed by atoms with Crippen molar-refractivity contribution in [1.29, 1.82) is 0 Å². The van der Waals surface area contributed by atoms with Crippen molar-refractivity contribution < 1.29 is 0 Å². The fourth-order valence-electron chi connectivity index (χ4n) is 2.05. The highest BCUT2D eigenvalue weighted by atomic mass is 15.5. The summed E-state index contributed by atoms with van der Waals surface area (Å²) in [7, 11) is 0. The van der Waals surface area contributed by atoms with Crippen LogP contribution >= 0.6 is 0 Å². The molecule has 0 radical (unpaired) electrons. The maximum atomic E-state index is 4.34. The zero-order valence-corrected chi connectivity index (χ0v) is 9.80. The van der Waals surface area contributed by atoms with Crippen molar-refractivity contribution in [2.24, 2.45) is 0 Å². The van der Waals surface area contributed by atoms with E-state index in [1.54, 1.807) is 0 Å². The van der Waals surface area contributed by atoms with Gasteiger partial charge < -0.3 is 5.32 Å². The highest BCUT2D eigenvalue weighted by molar-refractivity contribution is 5.26. The highest BCUT2D eigenvalue weighted by Gasteiger charge is 2.17. The minimum Gasteiger partial charge on any atom is -0.342 e. The van der Waals surface area contributed by atoms with Gasteiger partial charge in [-0.15, -0.1) is 0 Å². The Balaban J connectivity index is 1.72. The van der Waals surface area contributed by atoms with Crippen molar-refractivity contribution in [3.05, 3.63) is 41.7 Å². The van der Waals surface area contributed by atoms with Crippen molar-refractivity contribution in [2.45, 2.75) is 20.1 Å². The van der Waals surface area contributed by atoms with Crippen LogP contribution < -0.4 is 5.32 Å². The second kappa shape index (κ2) is 4.18. The van der Waals surface area contributed by atoms with Crippen LogP contribution in [0, 0.1) is 6.92 Å². The first-order valence-corrected chi connectivity index (χ1v) is 5.73. The first kappa shape index (κ1) is 10.3. The van der Waals surface area contributed by atoms with Gasteiger partial charge in [0.15, 0.2) is 0 Å². The van der Waals surface area contributed by atoms with E-state index in [9.17, 15) is 0 Å². The average molecular weight is 229 g/mol. The molecule has 2 heterocycles. The maximum absolute atomic E-state index is 4.34. The SMILES string of the molecule is Cc1nc2n(n1)CN(Cc1ccccc1)CN2. The molecule has 88 valence electrons. The van der Waals surface area contributed by atoms with Gasteiger partial charge in [-0.2, -0.15) is 10.1 Å². The van der Waals surface area contributed by atoms with Crippen LogP contribution in [-0.2, 0) is 13.2 Å². The molecule has 17 heavy (non-hydrogen) atoms. The van der Waals surface area contributed by atoms with Gasteiger partial charge >= 0.3 is 0 Å². The lowest BCUT2D eigenvalue weighted by Gasteiger charge is -2.27. The van der Waals surface area contributed by atoms with Crippen molar-refractivity contribution in [2.75, 3.05) is 12.0 Å². The number of fused-ring (bicyclic) bond motifs is 1. The Morgan fingerprint density at radius 1 is 1.29 bits per heavy atom. The third-order valence-electron chi connectivity index (χ3n) is 2.82. The molecule has 5 heteroatoms. The molecule has 0 amide bonds. The first-order chi connectivity index (χ1) is 8.31. The van der Waals surface area contributed by atoms with Crippen molar-refractivity contribution in [3.8, 4) is 0 Å². The Morgan fingerprint density at radius 3 is 2.94 bits per heavy atom. The van der Waals surface area contributed by atoms with Crippen molar-refractivity contribution in [3.63, 3.8) is 0 Å². The topological polar surface area (TPSA) is 46.0 Å². The van der Waals surface area contributed by atoms with E-state index in [2.05, 4.69) is 44.6 Å². The third kappa shape index (κ3) is 2.14. The van der Waals surface area contributed by atoms with E-state index in [-0.39, 0.29) is 0 Å². The van der Waals surface area contributed by atoms with E-state index >= 15 is 0 Å². The number of aromatic nitrogens is 3. The monoisotopic (exact) mass is 229 g/mol. The van der Waals surface area contributed by atoms with E-state index in [4.69, 9.17) is 0 Å². The summed E-state index contributed by atoms with van der Waals surface area (Å²) in [5.74, 6) is 1.68. The number of aryl methyl sites for hydroxylation is 1. The fraction of sp³-hybridized carbons (Fsp3) is 0.333. The molecule has 0 bridgehead atoms. The quantitative estimate of drug-likeness (QED) is 0.846. The van der Waals surface area contributed by atoms with E-state index in [0.29, 0.717) is 0 Å². The minimum atomic E-state index is 0.790. The molecular weight excluding hydrogens is 214 g/mol. The van der Waals surface area contributed by atoms with Crippen LogP contribution in [0.4, 0.5) is 5.95 Å². The van der Waals surface area contributed by atoms with Gasteiger partial charge in [-0.05, 0) is 12.5 Å². The number of anilines is 1. The number of nitrogens with zero attached hydrogens (tertiary/aromatic N) is 4. The number of nitrogens with one attached hydrogen (secondary N) is 1. The van der Waals surface area contributed by atoms with Gasteiger partial charge in [-0.25, -0.2) is 4.68 Å². The molecule has 0 aliphatic carbocycles. The van der Waals surface area contributed by atoms with Crippen LogP contribution in [-0.4, -0.2) is 26.3 Å². The summed E-state index contributed by atoms with van der Waals surface area (Å²) in [6.45, 7) is 4.44. The molecule has 2 aromatic rings. The summed E-state index contributed by atoms with van der Waals surface area (Å²) in [6.07, 6.45) is 0. The van der Waals surface area contributed by atoms with Gasteiger partial charge in [-0.3, -0.25) is 4.90 Å². The molecule has 0 saturated carbocycles. The summed E-state index contributed by atoms with van der Waals surface area (Å²) in [5, 5.41) is 7.61. The Kier molecular flexibility index (Phi) is 2.53. The van der Waals surface area contributed by atoms with E-state index in [1.807, 2.05) is 17.7 Å². The molecule has 5 nitrogen and oxygen atoms in total. The predicted octanol–water partition coefficient (Wildman–Crippen LogP) is 1.43. The number of hydrogen-bond donors (Lipinski definition) is 1. The minimum absolute atomic E-state index is 0.790. The van der Waals surface area contributed by atoms with E-state index in [0.717, 1.165) is 31.7 Å². The van der Waals surface area contributed by atoms with Gasteiger partial charge in [0.25, 0.3) is 0 Å². The lowest BCUT2D eigenvalue weighted by atomic mass is 10.2. The molecule has 0 unspecified atom stereocenters. The van der Waals surface area contributed by atoms with Crippen LogP contribution in [0.2, 0.25) is 0 Å². The zero-order chi connectivity index (χ0) is 11.7. The Morgan fingerprint density at radius 2 is 2.12 bits per heavy atom. The normalized spacial score (nSPS) is 15.4. The Bertz CT molecular complexity index is 505. The largest absolute Gasteiger partial charge is 0.342 e. The fourth-order valence-corrected chi connectivity index (χ4v) is 2.05. The molecule has 0 spiro atoms. The zero-order valence-electron chi connectivity index (χ0n) is 9.80. The van der Waals surface area contributed by atoms with E-state index < -0.39 is 0 Å². The molecule has 1 aromatic heterocycles. The molecule has 1 aliphatic heterocycles. The summed E-state index contributed by atoms with van der Waals surface area (Å²) in [6, 6.07) is 10.5. The average Bonchev–Trinajstić information content (AvgIpc) is 2.70. The Hall–Kier alpha value is -1.88. The van der Waals surface area contributed by atoms with Gasteiger partial charge in [0, 0.05) is 6.54 Å². The molecule has 1 N–H and O–H groups in total. The van der Waals surface area contributed by atoms with Gasteiger partial charge in [0.05, 0.1) is 13.3 Å². The second-order valence-electron chi connectivity index (χ2n) is 4.27.